The molecule has 6 heteroatoms. The quantitative estimate of drug-likeness (QED) is 0.127. The molecule has 4 nitrogen and oxygen atoms in total. The number of hydrogen-bond donors (Lipinski definition) is 3. The molecule has 0 radical (unpaired) electrons. The number of halogens is 1. The number of thiol groups is 1. The van der Waals surface area contributed by atoms with E-state index >= 15 is 0 Å². The van der Waals surface area contributed by atoms with Crippen LogP contribution in [0.3, 0.4) is 0 Å². The predicted octanol–water partition coefficient (Wildman–Crippen LogP) is 6.48. The highest BCUT2D eigenvalue weighted by Crippen LogP contribution is 2.22. The van der Waals surface area contributed by atoms with Gasteiger partial charge in [-0.2, -0.15) is 12.6 Å². The Balaban J connectivity index is 0.000000791. The average molecular weight is 521 g/mol. The second-order valence-corrected chi connectivity index (χ2v) is 10.3. The largest absolute Gasteiger partial charge is 0.378 e. The van der Waals surface area contributed by atoms with Gasteiger partial charge in [-0.3, -0.25) is 4.79 Å². The third kappa shape index (κ3) is 15.8. The molecule has 0 spiro atoms. The first-order valence-electron chi connectivity index (χ1n) is 12.3. The Morgan fingerprint density at radius 2 is 1.83 bits per heavy atom. The highest BCUT2D eigenvalue weighted by molar-refractivity contribution is 7.80. The summed E-state index contributed by atoms with van der Waals surface area (Å²) in [6.07, 6.45) is 8.02. The minimum absolute atomic E-state index is 0.233. The van der Waals surface area contributed by atoms with E-state index in [-0.39, 0.29) is 5.16 Å². The molecule has 1 aliphatic rings. The normalized spacial score (nSPS) is 14.1. The fraction of sp³-hybridized carbons (Fsp3) is 0.552. The molecule has 0 atom stereocenters. The highest BCUT2D eigenvalue weighted by atomic mass is 35.5. The number of aldehydes is 1. The fourth-order valence-electron chi connectivity index (χ4n) is 3.52. The molecule has 1 aromatic carbocycles. The number of rotatable bonds is 7. The Morgan fingerprint density at radius 3 is 2.26 bits per heavy atom. The number of carbonyl (C=O) groups is 1. The fourth-order valence-corrected chi connectivity index (χ4v) is 3.67. The van der Waals surface area contributed by atoms with E-state index in [2.05, 4.69) is 43.4 Å². The number of aryl methyl sites for hydroxylation is 1. The summed E-state index contributed by atoms with van der Waals surface area (Å²) in [5.74, 6) is 7.44. The molecular formula is C29H45ClN2O2S. The summed E-state index contributed by atoms with van der Waals surface area (Å²) >= 11 is 9.86. The van der Waals surface area contributed by atoms with Crippen molar-refractivity contribution in [2.75, 3.05) is 19.3 Å². The van der Waals surface area contributed by atoms with Crippen molar-refractivity contribution in [2.45, 2.75) is 78.9 Å². The molecule has 0 aliphatic heterocycles. The Bertz CT molecular complexity index is 839. The minimum Gasteiger partial charge on any atom is -0.378 e. The Labute approximate surface area is 224 Å². The zero-order valence-electron chi connectivity index (χ0n) is 22.5. The summed E-state index contributed by atoms with van der Waals surface area (Å²) in [5.41, 5.74) is 1.89. The van der Waals surface area contributed by atoms with Gasteiger partial charge in [-0.1, -0.05) is 86.0 Å². The Kier molecular flexibility index (Phi) is 17.6. The summed E-state index contributed by atoms with van der Waals surface area (Å²) < 4.78 is 0. The van der Waals surface area contributed by atoms with Crippen LogP contribution >= 0.6 is 24.2 Å². The molecule has 0 saturated heterocycles. The van der Waals surface area contributed by atoms with Gasteiger partial charge in [0.05, 0.1) is 5.70 Å². The van der Waals surface area contributed by atoms with Crippen molar-refractivity contribution in [3.05, 3.63) is 58.4 Å². The smallest absolute Gasteiger partial charge is 0.167 e. The lowest BCUT2D eigenvalue weighted by atomic mass is 9.89. The van der Waals surface area contributed by atoms with Crippen molar-refractivity contribution < 1.29 is 9.90 Å². The maximum atomic E-state index is 11.5. The molecule has 1 saturated carbocycles. The van der Waals surface area contributed by atoms with Gasteiger partial charge in [0.1, 0.15) is 10.8 Å². The van der Waals surface area contributed by atoms with Crippen LogP contribution in [0.2, 0.25) is 0 Å². The van der Waals surface area contributed by atoms with Gasteiger partial charge in [0.15, 0.2) is 6.29 Å². The molecule has 0 unspecified atom stereocenters. The number of nitrogens with zero attached hydrogens (tertiary/aromatic N) is 1. The lowest BCUT2D eigenvalue weighted by Crippen LogP contribution is -2.21. The molecule has 0 amide bonds. The lowest BCUT2D eigenvalue weighted by Gasteiger charge is -2.24. The van der Waals surface area contributed by atoms with Crippen LogP contribution in [0.1, 0.15) is 70.9 Å². The summed E-state index contributed by atoms with van der Waals surface area (Å²) in [4.78, 5) is 13.1. The average Bonchev–Trinajstić information content (AvgIpc) is 2.80. The first-order valence-corrected chi connectivity index (χ1v) is 13.3. The van der Waals surface area contributed by atoms with Crippen molar-refractivity contribution in [3.63, 3.8) is 0 Å². The number of nitrogens with one attached hydrogen (secondary N) is 1. The van der Waals surface area contributed by atoms with Crippen molar-refractivity contribution in [1.29, 1.82) is 0 Å². The SMILES string of the molecule is C=C(Cl)N(Cc1ccc(C)cc1)/C(C=O)=C(\C)C#CC(C)(C)O.CCS.CNCC1CCCCC1. The van der Waals surface area contributed by atoms with Gasteiger partial charge < -0.3 is 15.3 Å². The molecule has 1 aromatic rings. The van der Waals surface area contributed by atoms with Crippen LogP contribution in [0, 0.1) is 24.7 Å². The molecule has 196 valence electrons. The third-order valence-electron chi connectivity index (χ3n) is 5.31. The maximum Gasteiger partial charge on any atom is 0.167 e. The predicted molar refractivity (Wildman–Crippen MR) is 155 cm³/mol. The molecule has 2 N–H and O–H groups in total. The van der Waals surface area contributed by atoms with Crippen LogP contribution in [-0.2, 0) is 11.3 Å². The number of benzene rings is 1. The van der Waals surface area contributed by atoms with Gasteiger partial charge in [-0.05, 0) is 71.4 Å². The summed E-state index contributed by atoms with van der Waals surface area (Å²) in [7, 11) is 2.05. The molecule has 2 rings (SSSR count). The van der Waals surface area contributed by atoms with Crippen LogP contribution in [-0.4, -0.2) is 41.2 Å². The second-order valence-electron chi connectivity index (χ2n) is 9.26. The van der Waals surface area contributed by atoms with E-state index in [9.17, 15) is 9.90 Å². The van der Waals surface area contributed by atoms with E-state index in [1.54, 1.807) is 25.7 Å². The van der Waals surface area contributed by atoms with Crippen LogP contribution in [0.5, 0.6) is 0 Å². The van der Waals surface area contributed by atoms with E-state index < -0.39 is 5.60 Å². The molecule has 0 aromatic heterocycles. The number of allylic oxidation sites excluding steroid dienone is 2. The summed E-state index contributed by atoms with van der Waals surface area (Å²) in [5, 5.41) is 13.2. The Morgan fingerprint density at radius 1 is 1.29 bits per heavy atom. The van der Waals surface area contributed by atoms with Crippen LogP contribution in [0.25, 0.3) is 0 Å². The number of hydrogen-bond acceptors (Lipinski definition) is 5. The van der Waals surface area contributed by atoms with Crippen molar-refractivity contribution in [3.8, 4) is 11.8 Å². The van der Waals surface area contributed by atoms with Gasteiger partial charge >= 0.3 is 0 Å². The van der Waals surface area contributed by atoms with E-state index in [4.69, 9.17) is 11.6 Å². The topological polar surface area (TPSA) is 52.6 Å². The van der Waals surface area contributed by atoms with Crippen molar-refractivity contribution in [1.82, 2.24) is 10.2 Å². The van der Waals surface area contributed by atoms with E-state index in [1.165, 1.54) is 38.6 Å². The third-order valence-corrected chi connectivity index (χ3v) is 5.52. The maximum absolute atomic E-state index is 11.5. The first-order chi connectivity index (χ1) is 16.5. The Hall–Kier alpha value is -1.71. The molecular weight excluding hydrogens is 476 g/mol. The number of carbonyl (C=O) groups excluding carboxylic acids is 1. The minimum atomic E-state index is -1.13. The molecule has 0 heterocycles. The van der Waals surface area contributed by atoms with Gasteiger partial charge in [-0.25, -0.2) is 0 Å². The van der Waals surface area contributed by atoms with Crippen LogP contribution in [0.15, 0.2) is 47.3 Å². The highest BCUT2D eigenvalue weighted by Gasteiger charge is 2.15. The summed E-state index contributed by atoms with van der Waals surface area (Å²) in [6.45, 7) is 14.3. The van der Waals surface area contributed by atoms with Gasteiger partial charge in [-0.15, -0.1) is 0 Å². The molecule has 0 bridgehead atoms. The van der Waals surface area contributed by atoms with Crippen LogP contribution in [0.4, 0.5) is 0 Å². The molecule has 35 heavy (non-hydrogen) atoms. The molecule has 1 fully saturated rings. The monoisotopic (exact) mass is 520 g/mol. The summed E-state index contributed by atoms with van der Waals surface area (Å²) in [6, 6.07) is 7.94. The van der Waals surface area contributed by atoms with Gasteiger partial charge in [0.25, 0.3) is 0 Å². The van der Waals surface area contributed by atoms with E-state index in [0.29, 0.717) is 24.1 Å². The standard InChI is InChI=1S/C19H22ClNO2.C8H17N.C2H6S/c1-14-6-8-17(9-7-14)12-21(16(3)20)18(13-22)15(2)10-11-19(4,5)23;1-9-7-8-5-3-2-4-6-8;1-2-3/h6-9,13,23H,3,12H2,1-2,4-5H3;8-9H,2-7H2,1H3;3H,2H2,1H3/b18-15+;;. The van der Waals surface area contributed by atoms with Crippen LogP contribution < -0.4 is 5.32 Å². The van der Waals surface area contributed by atoms with E-state index in [0.717, 1.165) is 22.8 Å². The lowest BCUT2D eigenvalue weighted by molar-refractivity contribution is -0.106. The first kappa shape index (κ1) is 33.3. The van der Waals surface area contributed by atoms with Gasteiger partial charge in [0, 0.05) is 12.1 Å². The molecule has 1 aliphatic carbocycles. The zero-order chi connectivity index (χ0) is 26.9. The number of aliphatic hydroxyl groups is 1. The van der Waals surface area contributed by atoms with E-state index in [1.807, 2.05) is 38.1 Å². The second kappa shape index (κ2) is 18.5. The van der Waals surface area contributed by atoms with Gasteiger partial charge in [0.2, 0.25) is 0 Å². The van der Waals surface area contributed by atoms with Crippen molar-refractivity contribution >= 4 is 30.5 Å². The van der Waals surface area contributed by atoms with Crippen molar-refractivity contribution in [2.24, 2.45) is 5.92 Å². The zero-order valence-corrected chi connectivity index (χ0v) is 24.1.